The van der Waals surface area contributed by atoms with Gasteiger partial charge in [-0.3, -0.25) is 9.00 Å². The number of primary amides is 1. The largest absolute Gasteiger partial charge is 0.494 e. The van der Waals surface area contributed by atoms with Crippen molar-refractivity contribution in [2.75, 3.05) is 19.7 Å². The van der Waals surface area contributed by atoms with Gasteiger partial charge in [-0.1, -0.05) is 24.3 Å². The van der Waals surface area contributed by atoms with Crippen LogP contribution in [-0.2, 0) is 14.3 Å². The predicted molar refractivity (Wildman–Crippen MR) is 150 cm³/mol. The highest BCUT2D eigenvalue weighted by atomic mass is 32.2. The topological polar surface area (TPSA) is 96.4 Å². The van der Waals surface area contributed by atoms with Crippen molar-refractivity contribution in [3.8, 4) is 11.8 Å². The fourth-order valence-electron chi connectivity index (χ4n) is 5.07. The zero-order valence-electron chi connectivity index (χ0n) is 21.9. The highest BCUT2D eigenvalue weighted by Crippen LogP contribution is 2.39. The highest BCUT2D eigenvalue weighted by Gasteiger charge is 2.49. The fourth-order valence-corrected chi connectivity index (χ4v) is 7.26. The van der Waals surface area contributed by atoms with Gasteiger partial charge < -0.3 is 15.4 Å². The summed E-state index contributed by atoms with van der Waals surface area (Å²) >= 11 is 0. The van der Waals surface area contributed by atoms with E-state index in [1.165, 1.54) is 24.0 Å². The molecule has 1 saturated heterocycles. The summed E-state index contributed by atoms with van der Waals surface area (Å²) in [6, 6.07) is 16.0. The lowest BCUT2D eigenvalue weighted by atomic mass is 9.95. The molecule has 2 fully saturated rings. The number of likely N-dealkylation sites (tertiary alicyclic amines) is 1. The Labute approximate surface area is 221 Å². The Kier molecular flexibility index (Phi) is 8.11. The normalized spacial score (nSPS) is 19.5. The molecule has 0 aromatic heterocycles. The number of hydrogen-bond donors (Lipinski definition) is 1. The number of piperidine rings is 1. The van der Waals surface area contributed by atoms with Crippen LogP contribution in [-0.4, -0.2) is 51.4 Å². The molecule has 1 unspecified atom stereocenters. The maximum absolute atomic E-state index is 14.0. The molecule has 1 atom stereocenters. The summed E-state index contributed by atoms with van der Waals surface area (Å²) in [6.45, 7) is 6.05. The third-order valence-corrected chi connectivity index (χ3v) is 10.8. The number of ether oxygens (including phenoxy) is 1. The molecule has 1 heterocycles. The Hall–Kier alpha value is -3.08. The van der Waals surface area contributed by atoms with Crippen LogP contribution in [0.2, 0.25) is 0 Å². The van der Waals surface area contributed by atoms with Crippen molar-refractivity contribution in [1.82, 2.24) is 4.90 Å². The minimum Gasteiger partial charge on any atom is -0.494 e. The van der Waals surface area contributed by atoms with Crippen LogP contribution in [0.3, 0.4) is 0 Å². The second-order valence-corrected chi connectivity index (χ2v) is 12.9. The van der Waals surface area contributed by atoms with Crippen LogP contribution in [0.1, 0.15) is 55.2 Å². The molecule has 0 radical (unpaired) electrons. The Bertz CT molecular complexity index is 1310. The number of hydrogen-bond acceptors (Lipinski definition) is 5. The summed E-state index contributed by atoms with van der Waals surface area (Å²) in [7, 11) is -2.94. The number of unbranched alkanes of at least 4 members (excludes halogenated alkanes) is 1. The van der Waals surface area contributed by atoms with E-state index in [4.69, 9.17) is 10.5 Å². The molecule has 2 aromatic carbocycles. The van der Waals surface area contributed by atoms with Crippen LogP contribution in [0.25, 0.3) is 5.57 Å². The second-order valence-electron chi connectivity index (χ2n) is 10.3. The summed E-state index contributed by atoms with van der Waals surface area (Å²) in [4.78, 5) is 15.5. The number of nitrogens with two attached hydrogens (primary N) is 1. The van der Waals surface area contributed by atoms with Gasteiger partial charge in [-0.2, -0.15) is 5.26 Å². The Balaban J connectivity index is 1.34. The molecule has 1 aliphatic heterocycles. The molecule has 37 heavy (non-hydrogen) atoms. The van der Waals surface area contributed by atoms with Gasteiger partial charge in [-0.05, 0) is 99.2 Å². The van der Waals surface area contributed by atoms with E-state index in [2.05, 4.69) is 23.8 Å². The van der Waals surface area contributed by atoms with Crippen LogP contribution in [0.4, 0.5) is 0 Å². The fraction of sp³-hybridized carbons (Fsp3) is 0.433. The van der Waals surface area contributed by atoms with Crippen molar-refractivity contribution in [3.63, 3.8) is 0 Å². The summed E-state index contributed by atoms with van der Waals surface area (Å²) < 4.78 is 18.7. The van der Waals surface area contributed by atoms with E-state index in [-0.39, 0.29) is 0 Å². The van der Waals surface area contributed by atoms with Crippen LogP contribution in [0.15, 0.2) is 53.4 Å². The first kappa shape index (κ1) is 27.0. The third-order valence-electron chi connectivity index (χ3n) is 7.86. The van der Waals surface area contributed by atoms with Gasteiger partial charge >= 0.3 is 0 Å². The molecule has 0 spiro atoms. The lowest BCUT2D eigenvalue weighted by molar-refractivity contribution is -0.121. The van der Waals surface area contributed by atoms with E-state index < -0.39 is 20.2 Å². The van der Waals surface area contributed by atoms with E-state index in [1.54, 1.807) is 24.3 Å². The Morgan fingerprint density at radius 1 is 1.19 bits per heavy atom. The van der Waals surface area contributed by atoms with Crippen molar-refractivity contribution in [2.45, 2.75) is 68.1 Å². The molecule has 6 nitrogen and oxygen atoms in total. The first-order valence-electron chi connectivity index (χ1n) is 13.0. The number of amides is 1. The number of benzene rings is 2. The van der Waals surface area contributed by atoms with E-state index in [1.807, 2.05) is 31.2 Å². The lowest BCUT2D eigenvalue weighted by Crippen LogP contribution is -2.57. The van der Waals surface area contributed by atoms with Crippen molar-refractivity contribution >= 4 is 26.9 Å². The number of nitrogens with zero attached hydrogens (tertiary/aromatic N) is 2. The monoisotopic (exact) mass is 519 g/mol. The van der Waals surface area contributed by atoms with Gasteiger partial charge in [0.15, 0.2) is 0 Å². The minimum atomic E-state index is -2.94. The molecular weight excluding hydrogens is 482 g/mol. The van der Waals surface area contributed by atoms with Crippen LogP contribution >= 0.6 is 0 Å². The molecule has 7 heteroatoms. The van der Waals surface area contributed by atoms with Gasteiger partial charge in [0.1, 0.15) is 10.5 Å². The number of allylic oxidation sites excluding steroid dienone is 2. The van der Waals surface area contributed by atoms with Crippen LogP contribution < -0.4 is 10.5 Å². The van der Waals surface area contributed by atoms with E-state index in [9.17, 15) is 14.3 Å². The SMILES string of the molecule is C=S(=O)(c1ccc(OCCC/C=C(\C#N)c2ccc(C)c(C)c2)cc1)C1(C(N)=O)CCN(C2CC2)CC1. The number of carbonyl (C=O) groups is 1. The zero-order chi connectivity index (χ0) is 26.6. The van der Waals surface area contributed by atoms with Gasteiger partial charge in [-0.25, -0.2) is 0 Å². The van der Waals surface area contributed by atoms with Crippen molar-refractivity contribution < 1.29 is 13.7 Å². The van der Waals surface area contributed by atoms with Gasteiger partial charge in [0.25, 0.3) is 0 Å². The molecule has 0 bridgehead atoms. The average molecular weight is 520 g/mol. The molecule has 2 N–H and O–H groups in total. The van der Waals surface area contributed by atoms with E-state index in [0.29, 0.717) is 41.7 Å². The van der Waals surface area contributed by atoms with Crippen molar-refractivity contribution in [3.05, 3.63) is 65.2 Å². The van der Waals surface area contributed by atoms with Gasteiger partial charge in [0.2, 0.25) is 5.91 Å². The average Bonchev–Trinajstić information content (AvgIpc) is 3.74. The van der Waals surface area contributed by atoms with Gasteiger partial charge in [0.05, 0.1) is 18.2 Å². The van der Waals surface area contributed by atoms with Crippen LogP contribution in [0.5, 0.6) is 5.75 Å². The molecule has 1 aliphatic carbocycles. The third kappa shape index (κ3) is 5.76. The molecule has 2 aliphatic rings. The number of carbonyl (C=O) groups excluding carboxylic acids is 1. The summed E-state index contributed by atoms with van der Waals surface area (Å²) in [5.41, 5.74) is 9.83. The maximum Gasteiger partial charge on any atom is 0.236 e. The first-order valence-corrected chi connectivity index (χ1v) is 14.7. The Morgan fingerprint density at radius 2 is 1.86 bits per heavy atom. The predicted octanol–water partition coefficient (Wildman–Crippen LogP) is 4.63. The van der Waals surface area contributed by atoms with E-state index >= 15 is 0 Å². The lowest BCUT2D eigenvalue weighted by Gasteiger charge is -2.41. The van der Waals surface area contributed by atoms with E-state index in [0.717, 1.165) is 31.5 Å². The maximum atomic E-state index is 14.0. The molecule has 1 amide bonds. The smallest absolute Gasteiger partial charge is 0.236 e. The summed E-state index contributed by atoms with van der Waals surface area (Å²) in [6.07, 6.45) is 6.78. The quantitative estimate of drug-likeness (QED) is 0.281. The second kappa shape index (κ2) is 11.1. The highest BCUT2D eigenvalue weighted by molar-refractivity contribution is 8.02. The molecule has 4 rings (SSSR count). The number of rotatable bonds is 10. The summed E-state index contributed by atoms with van der Waals surface area (Å²) in [5.74, 6) is 4.20. The first-order chi connectivity index (χ1) is 17.7. The molecule has 2 aromatic rings. The molecule has 196 valence electrons. The van der Waals surface area contributed by atoms with Gasteiger partial charge in [0, 0.05) is 33.5 Å². The minimum absolute atomic E-state index is 0.472. The van der Waals surface area contributed by atoms with Gasteiger partial charge in [-0.15, -0.1) is 0 Å². The summed E-state index contributed by atoms with van der Waals surface area (Å²) in [5, 5.41) is 9.54. The molecule has 1 saturated carbocycles. The van der Waals surface area contributed by atoms with Crippen LogP contribution in [0, 0.1) is 25.2 Å². The van der Waals surface area contributed by atoms with Crippen molar-refractivity contribution in [2.24, 2.45) is 5.73 Å². The number of nitriles is 1. The zero-order valence-corrected chi connectivity index (χ0v) is 22.7. The molecular formula is C30H37N3O3S. The standard InChI is InChI=1S/C30H37N3O3S/c1-22-7-8-24(20-23(22)2)25(21-31)6-4-5-19-36-27-11-13-28(14-12-27)37(3,35)30(29(32)34)15-17-33(18-16-30)26-9-10-26/h6-8,11-14,20,26H,3-5,9-10,15-19H2,1-2H3,(H2,32,34)/b25-6+. The number of aryl methyl sites for hydroxylation is 2. The van der Waals surface area contributed by atoms with Crippen molar-refractivity contribution in [1.29, 1.82) is 5.26 Å². The Morgan fingerprint density at radius 3 is 2.43 bits per heavy atom.